The fraction of sp³-hybridized carbons (Fsp3) is 0.650. The lowest BCUT2D eigenvalue weighted by Gasteiger charge is -2.37. The summed E-state index contributed by atoms with van der Waals surface area (Å²) in [6.07, 6.45) is 7.62. The Balaban J connectivity index is 1.52. The summed E-state index contributed by atoms with van der Waals surface area (Å²) in [7, 11) is -3.28. The minimum atomic E-state index is -3.28. The lowest BCUT2D eigenvalue weighted by atomic mass is 9.99. The Morgan fingerprint density at radius 3 is 2.56 bits per heavy atom. The van der Waals surface area contributed by atoms with E-state index in [4.69, 9.17) is 0 Å². The zero-order valence-corrected chi connectivity index (χ0v) is 16.9. The molecular formula is C20H29N3O3S. The van der Waals surface area contributed by atoms with Crippen LogP contribution in [-0.4, -0.2) is 69.1 Å². The Kier molecular flexibility index (Phi) is 5.16. The average Bonchev–Trinajstić information content (AvgIpc) is 3.20. The van der Waals surface area contributed by atoms with Crippen LogP contribution < -0.4 is 4.31 Å². The number of rotatable bonds is 3. The van der Waals surface area contributed by atoms with Gasteiger partial charge in [-0.25, -0.2) is 8.42 Å². The van der Waals surface area contributed by atoms with Crippen LogP contribution in [0.2, 0.25) is 0 Å². The number of likely N-dealkylation sites (tertiary alicyclic amines) is 2. The summed E-state index contributed by atoms with van der Waals surface area (Å²) in [6.45, 7) is 4.46. The van der Waals surface area contributed by atoms with Gasteiger partial charge in [-0.2, -0.15) is 0 Å². The molecule has 0 radical (unpaired) electrons. The second-order valence-corrected chi connectivity index (χ2v) is 9.98. The second kappa shape index (κ2) is 7.43. The topological polar surface area (TPSA) is 60.9 Å². The average molecular weight is 392 g/mol. The van der Waals surface area contributed by atoms with Crippen LogP contribution in [-0.2, 0) is 16.4 Å². The smallest absolute Gasteiger partial charge is 0.253 e. The number of carbonyl (C=O) groups is 1. The van der Waals surface area contributed by atoms with Crippen molar-refractivity contribution in [2.75, 3.05) is 43.3 Å². The molecule has 0 N–H and O–H groups in total. The maximum absolute atomic E-state index is 13.1. The minimum absolute atomic E-state index is 0.0816. The van der Waals surface area contributed by atoms with Crippen molar-refractivity contribution in [2.24, 2.45) is 0 Å². The van der Waals surface area contributed by atoms with Crippen molar-refractivity contribution in [3.8, 4) is 0 Å². The van der Waals surface area contributed by atoms with E-state index in [0.717, 1.165) is 56.7 Å². The van der Waals surface area contributed by atoms with Gasteiger partial charge >= 0.3 is 0 Å². The first-order valence-corrected chi connectivity index (χ1v) is 11.9. The van der Waals surface area contributed by atoms with Crippen LogP contribution >= 0.6 is 0 Å². The Morgan fingerprint density at radius 2 is 1.81 bits per heavy atom. The highest BCUT2D eigenvalue weighted by Gasteiger charge is 2.30. The summed E-state index contributed by atoms with van der Waals surface area (Å²) in [5.41, 5.74) is 2.38. The van der Waals surface area contributed by atoms with Crippen molar-refractivity contribution < 1.29 is 13.2 Å². The number of fused-ring (bicyclic) bond motifs is 1. The zero-order valence-electron chi connectivity index (χ0n) is 16.1. The van der Waals surface area contributed by atoms with Gasteiger partial charge in [-0.3, -0.25) is 14.0 Å². The number of amides is 1. The number of piperidine rings is 1. The minimum Gasteiger partial charge on any atom is -0.337 e. The van der Waals surface area contributed by atoms with Crippen LogP contribution in [0.5, 0.6) is 0 Å². The van der Waals surface area contributed by atoms with E-state index in [1.165, 1.54) is 29.8 Å². The van der Waals surface area contributed by atoms with Crippen LogP contribution in [0.4, 0.5) is 5.69 Å². The van der Waals surface area contributed by atoms with E-state index < -0.39 is 10.0 Å². The number of anilines is 1. The molecule has 27 heavy (non-hydrogen) atoms. The predicted molar refractivity (Wildman–Crippen MR) is 107 cm³/mol. The van der Waals surface area contributed by atoms with Crippen molar-refractivity contribution in [1.29, 1.82) is 0 Å². The molecule has 1 atom stereocenters. The van der Waals surface area contributed by atoms with Gasteiger partial charge < -0.3 is 4.90 Å². The van der Waals surface area contributed by atoms with Gasteiger partial charge in [0.25, 0.3) is 5.91 Å². The van der Waals surface area contributed by atoms with E-state index in [1.807, 2.05) is 17.0 Å². The van der Waals surface area contributed by atoms with E-state index in [0.29, 0.717) is 18.2 Å². The van der Waals surface area contributed by atoms with Gasteiger partial charge in [-0.1, -0.05) is 0 Å². The molecule has 148 valence electrons. The molecule has 3 heterocycles. The zero-order chi connectivity index (χ0) is 19.0. The molecule has 1 aromatic carbocycles. The van der Waals surface area contributed by atoms with Crippen LogP contribution in [0.3, 0.4) is 0 Å². The Bertz CT molecular complexity index is 818. The molecule has 2 fully saturated rings. The second-order valence-electron chi connectivity index (χ2n) is 8.07. The van der Waals surface area contributed by atoms with E-state index in [9.17, 15) is 13.2 Å². The summed E-state index contributed by atoms with van der Waals surface area (Å²) in [6, 6.07) is 6.01. The molecule has 0 bridgehead atoms. The largest absolute Gasteiger partial charge is 0.337 e. The molecule has 1 amide bonds. The highest BCUT2D eigenvalue weighted by molar-refractivity contribution is 7.92. The molecule has 7 heteroatoms. The summed E-state index contributed by atoms with van der Waals surface area (Å²) >= 11 is 0. The summed E-state index contributed by atoms with van der Waals surface area (Å²) < 4.78 is 25.5. The van der Waals surface area contributed by atoms with Crippen molar-refractivity contribution in [3.63, 3.8) is 0 Å². The van der Waals surface area contributed by atoms with Crippen molar-refractivity contribution in [1.82, 2.24) is 9.80 Å². The van der Waals surface area contributed by atoms with Gasteiger partial charge in [0, 0.05) is 31.2 Å². The fourth-order valence-electron chi connectivity index (χ4n) is 4.77. The van der Waals surface area contributed by atoms with E-state index in [-0.39, 0.29) is 5.91 Å². The third-order valence-corrected chi connectivity index (χ3v) is 7.32. The van der Waals surface area contributed by atoms with Gasteiger partial charge in [0.2, 0.25) is 10.0 Å². The Morgan fingerprint density at radius 1 is 1.04 bits per heavy atom. The normalized spacial score (nSPS) is 24.1. The van der Waals surface area contributed by atoms with E-state index >= 15 is 0 Å². The third kappa shape index (κ3) is 3.85. The maximum Gasteiger partial charge on any atom is 0.253 e. The number of aryl methyl sites for hydroxylation is 1. The number of hydrogen-bond donors (Lipinski definition) is 0. The molecule has 2 saturated heterocycles. The standard InChI is InChI=1S/C20H29N3O3S/c1-27(25,26)23-13-4-6-16-14-17(8-9-19(16)23)20(24)22-12-5-7-18(15-22)21-10-2-3-11-21/h8-9,14,18H,2-7,10-13,15H2,1H3. The summed E-state index contributed by atoms with van der Waals surface area (Å²) in [4.78, 5) is 17.6. The number of sulfonamides is 1. The molecule has 6 nitrogen and oxygen atoms in total. The quantitative estimate of drug-likeness (QED) is 0.792. The Labute approximate surface area is 162 Å². The molecule has 4 rings (SSSR count). The van der Waals surface area contributed by atoms with E-state index in [1.54, 1.807) is 6.07 Å². The van der Waals surface area contributed by atoms with Crippen LogP contribution in [0.1, 0.15) is 48.0 Å². The first-order valence-electron chi connectivity index (χ1n) is 10.1. The lowest BCUT2D eigenvalue weighted by molar-refractivity contribution is 0.0608. The van der Waals surface area contributed by atoms with Gasteiger partial charge in [-0.05, 0) is 75.4 Å². The van der Waals surface area contributed by atoms with E-state index in [2.05, 4.69) is 4.90 Å². The van der Waals surface area contributed by atoms with Gasteiger partial charge in [-0.15, -0.1) is 0 Å². The number of benzene rings is 1. The fourth-order valence-corrected chi connectivity index (χ4v) is 5.76. The number of nitrogens with zero attached hydrogens (tertiary/aromatic N) is 3. The summed E-state index contributed by atoms with van der Waals surface area (Å²) in [5.74, 6) is 0.0816. The number of carbonyl (C=O) groups excluding carboxylic acids is 1. The Hall–Kier alpha value is -1.60. The third-order valence-electron chi connectivity index (χ3n) is 6.14. The molecule has 0 aromatic heterocycles. The first kappa shape index (κ1) is 18.7. The highest BCUT2D eigenvalue weighted by atomic mass is 32.2. The molecule has 3 aliphatic heterocycles. The van der Waals surface area contributed by atoms with Crippen molar-refractivity contribution in [3.05, 3.63) is 29.3 Å². The monoisotopic (exact) mass is 391 g/mol. The van der Waals surface area contributed by atoms with Crippen LogP contribution in [0, 0.1) is 0 Å². The number of hydrogen-bond acceptors (Lipinski definition) is 4. The predicted octanol–water partition coefficient (Wildman–Crippen LogP) is 2.10. The van der Waals surface area contributed by atoms with Crippen molar-refractivity contribution >= 4 is 21.6 Å². The molecule has 1 aromatic rings. The van der Waals surface area contributed by atoms with Crippen molar-refractivity contribution in [2.45, 2.75) is 44.6 Å². The lowest BCUT2D eigenvalue weighted by Crippen LogP contribution is -2.49. The van der Waals surface area contributed by atoms with Crippen LogP contribution in [0.15, 0.2) is 18.2 Å². The molecule has 0 saturated carbocycles. The van der Waals surface area contributed by atoms with Crippen LogP contribution in [0.25, 0.3) is 0 Å². The van der Waals surface area contributed by atoms with Gasteiger partial charge in [0.15, 0.2) is 0 Å². The SMILES string of the molecule is CS(=O)(=O)N1CCCc2cc(C(=O)N3CCCC(N4CCCC4)C3)ccc21. The highest BCUT2D eigenvalue weighted by Crippen LogP contribution is 2.30. The molecular weight excluding hydrogens is 362 g/mol. The van der Waals surface area contributed by atoms with Gasteiger partial charge in [0.05, 0.1) is 11.9 Å². The molecule has 3 aliphatic rings. The summed E-state index contributed by atoms with van der Waals surface area (Å²) in [5, 5.41) is 0. The molecule has 0 aliphatic carbocycles. The van der Waals surface area contributed by atoms with Gasteiger partial charge in [0.1, 0.15) is 0 Å². The maximum atomic E-state index is 13.1. The molecule has 1 unspecified atom stereocenters. The molecule has 0 spiro atoms. The first-order chi connectivity index (χ1) is 12.9.